The van der Waals surface area contributed by atoms with Crippen LogP contribution in [0.5, 0.6) is 0 Å². The van der Waals surface area contributed by atoms with Crippen molar-refractivity contribution in [1.29, 1.82) is 0 Å². The van der Waals surface area contributed by atoms with E-state index in [0.29, 0.717) is 6.04 Å². The number of halogens is 1. The fraction of sp³-hybridized carbons (Fsp3) is 0.500. The van der Waals surface area contributed by atoms with E-state index < -0.39 is 0 Å². The molecule has 0 aromatic heterocycles. The van der Waals surface area contributed by atoms with E-state index in [1.165, 1.54) is 11.3 Å². The highest BCUT2D eigenvalue weighted by atomic mass is 79.9. The van der Waals surface area contributed by atoms with Crippen LogP contribution in [0.4, 0.5) is 0 Å². The maximum atomic E-state index is 3.61. The molecular weight excluding hydrogens is 318 g/mol. The van der Waals surface area contributed by atoms with Crippen LogP contribution in [0, 0.1) is 11.8 Å². The summed E-state index contributed by atoms with van der Waals surface area (Å²) >= 11 is 5.38. The monoisotopic (exact) mass is 339 g/mol. The standard InChI is InChI=1S/C16H22BrNS/c1-3-5-6-7-15(18-12-4-2)13-19-16-10-8-14(17)9-11-16/h8-11,15,18H,4,6-7,12-13H2,1-2H3. The molecule has 0 fully saturated rings. The van der Waals surface area contributed by atoms with Gasteiger partial charge in [-0.1, -0.05) is 22.9 Å². The van der Waals surface area contributed by atoms with Gasteiger partial charge in [0.1, 0.15) is 0 Å². The molecule has 0 heterocycles. The maximum Gasteiger partial charge on any atom is 0.0176 e. The summed E-state index contributed by atoms with van der Waals surface area (Å²) in [6.45, 7) is 5.20. The molecule has 1 N–H and O–H groups in total. The number of rotatable bonds is 8. The summed E-state index contributed by atoms with van der Waals surface area (Å²) in [5.41, 5.74) is 0. The molecule has 0 spiro atoms. The third-order valence-corrected chi connectivity index (χ3v) is 4.45. The van der Waals surface area contributed by atoms with Crippen molar-refractivity contribution in [3.05, 3.63) is 28.7 Å². The van der Waals surface area contributed by atoms with Gasteiger partial charge in [0, 0.05) is 27.6 Å². The fourth-order valence-corrected chi connectivity index (χ4v) is 2.96. The van der Waals surface area contributed by atoms with Crippen molar-refractivity contribution in [3.8, 4) is 11.8 Å². The van der Waals surface area contributed by atoms with Gasteiger partial charge in [-0.05, 0) is 50.6 Å². The van der Waals surface area contributed by atoms with Gasteiger partial charge >= 0.3 is 0 Å². The van der Waals surface area contributed by atoms with E-state index in [1.807, 2.05) is 18.7 Å². The minimum absolute atomic E-state index is 0.550. The van der Waals surface area contributed by atoms with Crippen LogP contribution in [0.3, 0.4) is 0 Å². The van der Waals surface area contributed by atoms with Crippen molar-refractivity contribution in [2.45, 2.75) is 44.0 Å². The molecule has 0 saturated heterocycles. The normalized spacial score (nSPS) is 11.7. The van der Waals surface area contributed by atoms with Gasteiger partial charge in [-0.15, -0.1) is 23.6 Å². The van der Waals surface area contributed by atoms with Crippen LogP contribution in [-0.4, -0.2) is 18.3 Å². The van der Waals surface area contributed by atoms with Gasteiger partial charge in [0.05, 0.1) is 0 Å². The zero-order valence-electron chi connectivity index (χ0n) is 11.7. The lowest BCUT2D eigenvalue weighted by Gasteiger charge is -2.17. The molecule has 0 bridgehead atoms. The van der Waals surface area contributed by atoms with E-state index >= 15 is 0 Å². The Labute approximate surface area is 130 Å². The van der Waals surface area contributed by atoms with Crippen molar-refractivity contribution in [2.24, 2.45) is 0 Å². The van der Waals surface area contributed by atoms with Crippen molar-refractivity contribution >= 4 is 27.7 Å². The molecule has 104 valence electrons. The van der Waals surface area contributed by atoms with Gasteiger partial charge in [-0.2, -0.15) is 0 Å². The lowest BCUT2D eigenvalue weighted by Crippen LogP contribution is -2.31. The SMILES string of the molecule is CC#CCCC(CSc1ccc(Br)cc1)NCCC. The van der Waals surface area contributed by atoms with Gasteiger partial charge < -0.3 is 5.32 Å². The van der Waals surface area contributed by atoms with E-state index in [1.54, 1.807) is 0 Å². The highest BCUT2D eigenvalue weighted by molar-refractivity contribution is 9.10. The molecule has 0 aliphatic carbocycles. The molecule has 1 aromatic rings. The molecule has 19 heavy (non-hydrogen) atoms. The number of hydrogen-bond donors (Lipinski definition) is 1. The van der Waals surface area contributed by atoms with Crippen molar-refractivity contribution < 1.29 is 0 Å². The molecule has 1 rings (SSSR count). The van der Waals surface area contributed by atoms with E-state index in [4.69, 9.17) is 0 Å². The largest absolute Gasteiger partial charge is 0.313 e. The fourth-order valence-electron chi connectivity index (χ4n) is 1.69. The molecule has 1 unspecified atom stereocenters. The zero-order chi connectivity index (χ0) is 13.9. The Morgan fingerprint density at radius 1 is 1.32 bits per heavy atom. The topological polar surface area (TPSA) is 12.0 Å². The highest BCUT2D eigenvalue weighted by Crippen LogP contribution is 2.22. The molecule has 0 radical (unpaired) electrons. The second kappa shape index (κ2) is 10.4. The minimum atomic E-state index is 0.550. The zero-order valence-corrected chi connectivity index (χ0v) is 14.1. The molecular formula is C16H22BrNS. The van der Waals surface area contributed by atoms with E-state index in [0.717, 1.165) is 29.6 Å². The summed E-state index contributed by atoms with van der Waals surface area (Å²) < 4.78 is 1.13. The summed E-state index contributed by atoms with van der Waals surface area (Å²) in [5, 5.41) is 3.61. The van der Waals surface area contributed by atoms with Crippen LogP contribution >= 0.6 is 27.7 Å². The summed E-state index contributed by atoms with van der Waals surface area (Å²) in [5.74, 6) is 7.23. The molecule has 3 heteroatoms. The quantitative estimate of drug-likeness (QED) is 0.543. The van der Waals surface area contributed by atoms with Gasteiger partial charge in [-0.3, -0.25) is 0 Å². The first kappa shape index (κ1) is 16.6. The molecule has 0 amide bonds. The average Bonchev–Trinajstić information content (AvgIpc) is 2.43. The predicted octanol–water partition coefficient (Wildman–Crippen LogP) is 4.71. The second-order valence-electron chi connectivity index (χ2n) is 4.38. The van der Waals surface area contributed by atoms with E-state index in [9.17, 15) is 0 Å². The maximum absolute atomic E-state index is 3.61. The highest BCUT2D eigenvalue weighted by Gasteiger charge is 2.07. The molecule has 1 atom stereocenters. The molecule has 0 saturated carbocycles. The number of hydrogen-bond acceptors (Lipinski definition) is 2. The van der Waals surface area contributed by atoms with Gasteiger partial charge in [0.2, 0.25) is 0 Å². The minimum Gasteiger partial charge on any atom is -0.313 e. The summed E-state index contributed by atoms with van der Waals surface area (Å²) in [4.78, 5) is 1.33. The first-order valence-electron chi connectivity index (χ1n) is 6.77. The van der Waals surface area contributed by atoms with Crippen LogP contribution in [-0.2, 0) is 0 Å². The summed E-state index contributed by atoms with van der Waals surface area (Å²) in [6, 6.07) is 9.07. The predicted molar refractivity (Wildman–Crippen MR) is 89.6 cm³/mol. The first-order valence-corrected chi connectivity index (χ1v) is 8.55. The average molecular weight is 340 g/mol. The van der Waals surface area contributed by atoms with Crippen molar-refractivity contribution in [3.63, 3.8) is 0 Å². The Balaban J connectivity index is 2.41. The Morgan fingerprint density at radius 2 is 2.05 bits per heavy atom. The lowest BCUT2D eigenvalue weighted by atomic mass is 10.2. The Hall–Kier alpha value is -0.430. The van der Waals surface area contributed by atoms with Crippen LogP contribution in [0.2, 0.25) is 0 Å². The van der Waals surface area contributed by atoms with Gasteiger partial charge in [0.25, 0.3) is 0 Å². The second-order valence-corrected chi connectivity index (χ2v) is 6.39. The molecule has 1 nitrogen and oxygen atoms in total. The van der Waals surface area contributed by atoms with Crippen molar-refractivity contribution in [2.75, 3.05) is 12.3 Å². The number of nitrogens with one attached hydrogen (secondary N) is 1. The van der Waals surface area contributed by atoms with E-state index in [-0.39, 0.29) is 0 Å². The third-order valence-electron chi connectivity index (χ3n) is 2.74. The first-order chi connectivity index (χ1) is 9.26. The lowest BCUT2D eigenvalue weighted by molar-refractivity contribution is 0.526. The molecule has 0 aliphatic rings. The van der Waals surface area contributed by atoms with Crippen molar-refractivity contribution in [1.82, 2.24) is 5.32 Å². The third kappa shape index (κ3) is 7.67. The van der Waals surface area contributed by atoms with Crippen LogP contribution in [0.1, 0.15) is 33.1 Å². The molecule has 0 aliphatic heterocycles. The van der Waals surface area contributed by atoms with Crippen LogP contribution in [0.15, 0.2) is 33.6 Å². The number of benzene rings is 1. The van der Waals surface area contributed by atoms with Gasteiger partial charge in [0.15, 0.2) is 0 Å². The number of thioether (sulfide) groups is 1. The Morgan fingerprint density at radius 3 is 2.68 bits per heavy atom. The smallest absolute Gasteiger partial charge is 0.0176 e. The Bertz CT molecular complexity index is 405. The van der Waals surface area contributed by atoms with Crippen LogP contribution < -0.4 is 5.32 Å². The Kier molecular flexibility index (Phi) is 9.07. The summed E-state index contributed by atoms with van der Waals surface area (Å²) in [6.07, 6.45) is 3.29. The van der Waals surface area contributed by atoms with E-state index in [2.05, 4.69) is 64.3 Å². The summed E-state index contributed by atoms with van der Waals surface area (Å²) in [7, 11) is 0. The van der Waals surface area contributed by atoms with Gasteiger partial charge in [-0.25, -0.2) is 0 Å². The molecule has 1 aromatic carbocycles. The van der Waals surface area contributed by atoms with Crippen LogP contribution in [0.25, 0.3) is 0 Å².